The second-order valence-electron chi connectivity index (χ2n) is 5.27. The van der Waals surface area contributed by atoms with Crippen molar-refractivity contribution >= 4 is 5.97 Å². The molecule has 0 fully saturated rings. The third-order valence-electron chi connectivity index (χ3n) is 3.19. The highest BCUT2D eigenvalue weighted by Gasteiger charge is 2.41. The summed E-state index contributed by atoms with van der Waals surface area (Å²) in [7, 11) is 0. The van der Waals surface area contributed by atoms with Gasteiger partial charge in [0.25, 0.3) is 0 Å². The number of benzene rings is 1. The van der Waals surface area contributed by atoms with Gasteiger partial charge >= 0.3 is 11.9 Å². The summed E-state index contributed by atoms with van der Waals surface area (Å²) in [4.78, 5) is 12.7. The molecule has 0 aliphatic carbocycles. The van der Waals surface area contributed by atoms with E-state index >= 15 is 0 Å². The molecule has 140 valence electrons. The monoisotopic (exact) mass is 353 g/mol. The minimum Gasteiger partial charge on any atom is -0.462 e. The van der Waals surface area contributed by atoms with E-state index in [2.05, 4.69) is 4.74 Å². The zero-order valence-electron chi connectivity index (χ0n) is 15.5. The van der Waals surface area contributed by atoms with Crippen LogP contribution in [0.4, 0.5) is 8.78 Å². The highest BCUT2D eigenvalue weighted by molar-refractivity contribution is 5.77. The van der Waals surface area contributed by atoms with Crippen LogP contribution in [0, 0.1) is 0 Å². The van der Waals surface area contributed by atoms with Gasteiger partial charge in [0.05, 0.1) is 13.2 Å². The molecule has 0 atom stereocenters. The van der Waals surface area contributed by atoms with Crippen molar-refractivity contribution in [2.75, 3.05) is 19.7 Å². The first-order chi connectivity index (χ1) is 11.9. The molecule has 0 spiro atoms. The van der Waals surface area contributed by atoms with Crippen molar-refractivity contribution in [3.8, 4) is 0 Å². The summed E-state index contributed by atoms with van der Waals surface area (Å²) < 4.78 is 31.6. The Morgan fingerprint density at radius 3 is 2.12 bits per heavy atom. The average Bonchev–Trinajstić information content (AvgIpc) is 2.60. The van der Waals surface area contributed by atoms with E-state index in [0.29, 0.717) is 13.1 Å². The van der Waals surface area contributed by atoms with Crippen molar-refractivity contribution in [3.05, 3.63) is 60.2 Å². The molecular formula is C20H29F2NO2. The number of carbonyl (C=O) groups excluding carboxylic acids is 1. The Kier molecular flexibility index (Phi) is 12.2. The van der Waals surface area contributed by atoms with E-state index in [0.717, 1.165) is 5.56 Å². The van der Waals surface area contributed by atoms with Crippen LogP contribution in [0.2, 0.25) is 0 Å². The molecule has 0 radical (unpaired) electrons. The predicted octanol–water partition coefficient (Wildman–Crippen LogP) is 4.85. The van der Waals surface area contributed by atoms with E-state index in [-0.39, 0.29) is 6.61 Å². The standard InChI is InChI=1S/C14H19F2NO2.C6H10/c1-3-17(10-12-8-6-5-7-9-12)11-14(15,16)13(18)19-4-2;1-3-5-6-4-2/h5-9H,3-4,10-11H2,1-2H3;3-6H,1-2H3/b;5-3-,6-4-. The van der Waals surface area contributed by atoms with Crippen LogP contribution in [0.15, 0.2) is 54.6 Å². The van der Waals surface area contributed by atoms with E-state index in [1.807, 2.05) is 68.5 Å². The van der Waals surface area contributed by atoms with Gasteiger partial charge in [0.1, 0.15) is 0 Å². The van der Waals surface area contributed by atoms with Crippen LogP contribution in [-0.4, -0.2) is 36.5 Å². The summed E-state index contributed by atoms with van der Waals surface area (Å²) in [6.45, 7) is 7.44. The lowest BCUT2D eigenvalue weighted by Crippen LogP contribution is -2.43. The summed E-state index contributed by atoms with van der Waals surface area (Å²) in [5.41, 5.74) is 0.934. The SMILES string of the molecule is C/C=C\C=C/C.CCOC(=O)C(F)(F)CN(CC)Cc1ccccc1. The summed E-state index contributed by atoms with van der Waals surface area (Å²) in [5, 5.41) is 0. The number of hydrogen-bond acceptors (Lipinski definition) is 3. The minimum absolute atomic E-state index is 0.0424. The minimum atomic E-state index is -3.47. The van der Waals surface area contributed by atoms with Crippen LogP contribution < -0.4 is 0 Å². The van der Waals surface area contributed by atoms with E-state index in [4.69, 9.17) is 0 Å². The second kappa shape index (κ2) is 13.3. The van der Waals surface area contributed by atoms with Gasteiger partial charge in [-0.2, -0.15) is 8.78 Å². The van der Waals surface area contributed by atoms with Gasteiger partial charge in [0, 0.05) is 6.54 Å². The number of esters is 1. The smallest absolute Gasteiger partial charge is 0.378 e. The third kappa shape index (κ3) is 10.5. The Bertz CT molecular complexity index is 518. The number of allylic oxidation sites excluding steroid dienone is 4. The van der Waals surface area contributed by atoms with Gasteiger partial charge in [-0.15, -0.1) is 0 Å². The molecule has 0 aliphatic rings. The number of alkyl halides is 2. The number of nitrogens with zero attached hydrogens (tertiary/aromatic N) is 1. The van der Waals surface area contributed by atoms with Gasteiger partial charge in [-0.1, -0.05) is 61.6 Å². The van der Waals surface area contributed by atoms with Crippen molar-refractivity contribution in [1.29, 1.82) is 0 Å². The van der Waals surface area contributed by atoms with Gasteiger partial charge in [-0.05, 0) is 32.9 Å². The Balaban J connectivity index is 0.000000823. The van der Waals surface area contributed by atoms with Crippen molar-refractivity contribution in [2.24, 2.45) is 0 Å². The lowest BCUT2D eigenvalue weighted by atomic mass is 10.2. The van der Waals surface area contributed by atoms with Gasteiger partial charge in [0.15, 0.2) is 0 Å². The van der Waals surface area contributed by atoms with Gasteiger partial charge < -0.3 is 4.74 Å². The average molecular weight is 353 g/mol. The lowest BCUT2D eigenvalue weighted by molar-refractivity contribution is -0.174. The number of rotatable bonds is 8. The molecule has 0 heterocycles. The molecule has 0 aromatic heterocycles. The Morgan fingerprint density at radius 1 is 1.12 bits per heavy atom. The molecule has 0 amide bonds. The van der Waals surface area contributed by atoms with Crippen LogP contribution >= 0.6 is 0 Å². The topological polar surface area (TPSA) is 29.5 Å². The Morgan fingerprint density at radius 2 is 1.68 bits per heavy atom. The summed E-state index contributed by atoms with van der Waals surface area (Å²) in [5.74, 6) is -4.93. The first-order valence-corrected chi connectivity index (χ1v) is 8.46. The molecule has 0 bridgehead atoms. The van der Waals surface area contributed by atoms with Crippen LogP contribution in [0.5, 0.6) is 0 Å². The molecule has 25 heavy (non-hydrogen) atoms. The van der Waals surface area contributed by atoms with Gasteiger partial charge in [-0.3, -0.25) is 4.90 Å². The molecule has 1 aromatic carbocycles. The molecule has 0 unspecified atom stereocenters. The van der Waals surface area contributed by atoms with Gasteiger partial charge in [-0.25, -0.2) is 4.79 Å². The first-order valence-electron chi connectivity index (χ1n) is 8.46. The van der Waals surface area contributed by atoms with Crippen molar-refractivity contribution in [1.82, 2.24) is 4.90 Å². The molecule has 0 saturated carbocycles. The van der Waals surface area contributed by atoms with E-state index in [1.165, 1.54) is 11.8 Å². The largest absolute Gasteiger partial charge is 0.462 e. The van der Waals surface area contributed by atoms with Crippen molar-refractivity contribution in [3.63, 3.8) is 0 Å². The summed E-state index contributed by atoms with van der Waals surface area (Å²) in [6, 6.07) is 9.31. The van der Waals surface area contributed by atoms with Crippen LogP contribution in [0.25, 0.3) is 0 Å². The first kappa shape index (κ1) is 23.0. The molecule has 1 rings (SSSR count). The molecular weight excluding hydrogens is 324 g/mol. The zero-order chi connectivity index (χ0) is 19.1. The third-order valence-corrected chi connectivity index (χ3v) is 3.19. The fourth-order valence-corrected chi connectivity index (χ4v) is 1.93. The number of hydrogen-bond donors (Lipinski definition) is 0. The summed E-state index contributed by atoms with van der Waals surface area (Å²) in [6.07, 6.45) is 8.00. The fourth-order valence-electron chi connectivity index (χ4n) is 1.93. The lowest BCUT2D eigenvalue weighted by Gasteiger charge is -2.24. The highest BCUT2D eigenvalue weighted by Crippen LogP contribution is 2.19. The molecule has 0 saturated heterocycles. The number of halogens is 2. The molecule has 0 aliphatic heterocycles. The normalized spacial score (nSPS) is 11.6. The number of ether oxygens (including phenoxy) is 1. The fraction of sp³-hybridized carbons (Fsp3) is 0.450. The van der Waals surface area contributed by atoms with Gasteiger partial charge in [0.2, 0.25) is 0 Å². The molecule has 0 N–H and O–H groups in total. The Hall–Kier alpha value is -2.01. The maximum absolute atomic E-state index is 13.6. The molecule has 3 nitrogen and oxygen atoms in total. The van der Waals surface area contributed by atoms with Crippen molar-refractivity contribution < 1.29 is 18.3 Å². The second-order valence-corrected chi connectivity index (χ2v) is 5.27. The predicted molar refractivity (Wildman–Crippen MR) is 98.6 cm³/mol. The van der Waals surface area contributed by atoms with Crippen LogP contribution in [0.3, 0.4) is 0 Å². The van der Waals surface area contributed by atoms with Crippen LogP contribution in [-0.2, 0) is 16.1 Å². The van der Waals surface area contributed by atoms with E-state index < -0.39 is 18.4 Å². The number of carbonyl (C=O) groups is 1. The maximum Gasteiger partial charge on any atom is 0.378 e. The Labute approximate surface area is 150 Å². The van der Waals surface area contributed by atoms with Crippen molar-refractivity contribution in [2.45, 2.75) is 40.2 Å². The molecule has 1 aromatic rings. The molecule has 5 heteroatoms. The summed E-state index contributed by atoms with van der Waals surface area (Å²) >= 11 is 0. The van der Waals surface area contributed by atoms with Crippen LogP contribution in [0.1, 0.15) is 33.3 Å². The van der Waals surface area contributed by atoms with E-state index in [1.54, 1.807) is 6.92 Å². The zero-order valence-corrected chi connectivity index (χ0v) is 15.5. The maximum atomic E-state index is 13.6. The van der Waals surface area contributed by atoms with E-state index in [9.17, 15) is 13.6 Å². The quantitative estimate of drug-likeness (QED) is 0.494. The highest BCUT2D eigenvalue weighted by atomic mass is 19.3.